The molecule has 2 aromatic rings. The maximum atomic E-state index is 9.78. The van der Waals surface area contributed by atoms with E-state index in [0.717, 1.165) is 16.7 Å². The molecule has 0 saturated heterocycles. The zero-order valence-electron chi connectivity index (χ0n) is 11.5. The first-order chi connectivity index (χ1) is 9.61. The molecule has 0 aliphatic rings. The van der Waals surface area contributed by atoms with E-state index in [1.807, 2.05) is 37.3 Å². The summed E-state index contributed by atoms with van der Waals surface area (Å²) in [4.78, 5) is 3.99. The van der Waals surface area contributed by atoms with Crippen LogP contribution in [0.4, 0.5) is 0 Å². The highest BCUT2D eigenvalue weighted by atomic mass is 16.5. The van der Waals surface area contributed by atoms with Gasteiger partial charge < -0.3 is 9.84 Å². The number of nitriles is 1. The number of hydrogen-bond donors (Lipinski definition) is 1. The quantitative estimate of drug-likeness (QED) is 0.925. The molecule has 1 atom stereocenters. The number of hydrogen-bond acceptors (Lipinski definition) is 4. The average molecular weight is 268 g/mol. The summed E-state index contributed by atoms with van der Waals surface area (Å²) in [6.45, 7) is 3.91. The standard InChI is InChI=1S/C16H16N2O2/c1-11-5-6-16(14(8-11)12(2)19)20-10-13-4-3-7-18-15(13)9-17/h3-8,12,19H,10H2,1-2H3/t12-/m0/s1. The van der Waals surface area contributed by atoms with E-state index in [9.17, 15) is 5.11 Å². The number of ether oxygens (including phenoxy) is 1. The van der Waals surface area contributed by atoms with Gasteiger partial charge in [-0.1, -0.05) is 17.7 Å². The molecule has 1 N–H and O–H groups in total. The second-order valence-corrected chi connectivity index (χ2v) is 4.63. The number of aryl methyl sites for hydroxylation is 1. The predicted molar refractivity (Wildman–Crippen MR) is 75.1 cm³/mol. The van der Waals surface area contributed by atoms with Crippen molar-refractivity contribution in [1.29, 1.82) is 5.26 Å². The highest BCUT2D eigenvalue weighted by Gasteiger charge is 2.10. The van der Waals surface area contributed by atoms with E-state index < -0.39 is 6.10 Å². The van der Waals surface area contributed by atoms with Crippen LogP contribution in [0.5, 0.6) is 5.75 Å². The van der Waals surface area contributed by atoms with E-state index >= 15 is 0 Å². The molecule has 20 heavy (non-hydrogen) atoms. The van der Waals surface area contributed by atoms with Crippen molar-refractivity contribution in [3.63, 3.8) is 0 Å². The molecule has 4 heteroatoms. The zero-order chi connectivity index (χ0) is 14.5. The Hall–Kier alpha value is -2.38. The van der Waals surface area contributed by atoms with Crippen LogP contribution >= 0.6 is 0 Å². The molecular weight excluding hydrogens is 252 g/mol. The van der Waals surface area contributed by atoms with Crippen molar-refractivity contribution in [3.8, 4) is 11.8 Å². The summed E-state index contributed by atoms with van der Waals surface area (Å²) in [5, 5.41) is 18.8. The molecule has 1 heterocycles. The zero-order valence-corrected chi connectivity index (χ0v) is 11.5. The third-order valence-electron chi connectivity index (χ3n) is 3.00. The first kappa shape index (κ1) is 14.0. The van der Waals surface area contributed by atoms with Crippen LogP contribution in [-0.2, 0) is 6.61 Å². The normalized spacial score (nSPS) is 11.7. The molecule has 0 fully saturated rings. The van der Waals surface area contributed by atoms with Crippen LogP contribution in [-0.4, -0.2) is 10.1 Å². The largest absolute Gasteiger partial charge is 0.488 e. The van der Waals surface area contributed by atoms with Gasteiger partial charge in [0.1, 0.15) is 24.1 Å². The highest BCUT2D eigenvalue weighted by molar-refractivity contribution is 5.39. The summed E-state index contributed by atoms with van der Waals surface area (Å²) in [5.74, 6) is 0.623. The summed E-state index contributed by atoms with van der Waals surface area (Å²) in [5.41, 5.74) is 2.89. The number of rotatable bonds is 4. The van der Waals surface area contributed by atoms with E-state index in [4.69, 9.17) is 10.00 Å². The molecule has 4 nitrogen and oxygen atoms in total. The summed E-state index contributed by atoms with van der Waals surface area (Å²) >= 11 is 0. The van der Waals surface area contributed by atoms with Gasteiger partial charge in [-0.25, -0.2) is 4.98 Å². The van der Waals surface area contributed by atoms with Crippen LogP contribution < -0.4 is 4.74 Å². The summed E-state index contributed by atoms with van der Waals surface area (Å²) < 4.78 is 5.73. The maximum absolute atomic E-state index is 9.78. The molecule has 2 rings (SSSR count). The summed E-state index contributed by atoms with van der Waals surface area (Å²) in [7, 11) is 0. The van der Waals surface area contributed by atoms with E-state index in [1.165, 1.54) is 0 Å². The second-order valence-electron chi connectivity index (χ2n) is 4.63. The molecule has 102 valence electrons. The topological polar surface area (TPSA) is 66.1 Å². The predicted octanol–water partition coefficient (Wildman–Crippen LogP) is 2.89. The Morgan fingerprint density at radius 2 is 2.20 bits per heavy atom. The fourth-order valence-electron chi connectivity index (χ4n) is 1.94. The number of benzene rings is 1. The van der Waals surface area contributed by atoms with Gasteiger partial charge in [-0.3, -0.25) is 0 Å². The Balaban J connectivity index is 2.21. The van der Waals surface area contributed by atoms with Crippen molar-refractivity contribution in [2.75, 3.05) is 0 Å². The average Bonchev–Trinajstić information content (AvgIpc) is 2.46. The van der Waals surface area contributed by atoms with Gasteiger partial charge in [0.25, 0.3) is 0 Å². The van der Waals surface area contributed by atoms with Crippen molar-refractivity contribution >= 4 is 0 Å². The van der Waals surface area contributed by atoms with Crippen molar-refractivity contribution in [1.82, 2.24) is 4.98 Å². The van der Waals surface area contributed by atoms with Crippen molar-refractivity contribution < 1.29 is 9.84 Å². The Morgan fingerprint density at radius 1 is 1.40 bits per heavy atom. The number of aliphatic hydroxyl groups excluding tert-OH is 1. The first-order valence-electron chi connectivity index (χ1n) is 6.37. The lowest BCUT2D eigenvalue weighted by atomic mass is 10.1. The van der Waals surface area contributed by atoms with Gasteiger partial charge >= 0.3 is 0 Å². The molecular formula is C16H16N2O2. The number of aromatic nitrogens is 1. The lowest BCUT2D eigenvalue weighted by Crippen LogP contribution is -2.03. The van der Waals surface area contributed by atoms with Crippen LogP contribution in [0, 0.1) is 18.3 Å². The minimum Gasteiger partial charge on any atom is -0.488 e. The Bertz CT molecular complexity index is 645. The molecule has 1 aromatic carbocycles. The minimum absolute atomic E-state index is 0.250. The van der Waals surface area contributed by atoms with E-state index in [0.29, 0.717) is 11.4 Å². The van der Waals surface area contributed by atoms with Gasteiger partial charge in [0, 0.05) is 17.3 Å². The van der Waals surface area contributed by atoms with Crippen LogP contribution in [0.2, 0.25) is 0 Å². The fourth-order valence-corrected chi connectivity index (χ4v) is 1.94. The molecule has 0 spiro atoms. The van der Waals surface area contributed by atoms with Crippen molar-refractivity contribution in [2.45, 2.75) is 26.6 Å². The van der Waals surface area contributed by atoms with Gasteiger partial charge in [0.05, 0.1) is 6.10 Å². The third-order valence-corrected chi connectivity index (χ3v) is 3.00. The maximum Gasteiger partial charge on any atom is 0.147 e. The molecule has 0 aliphatic heterocycles. The van der Waals surface area contributed by atoms with Gasteiger partial charge in [0.15, 0.2) is 0 Å². The number of pyridine rings is 1. The van der Waals surface area contributed by atoms with Crippen molar-refractivity contribution in [3.05, 3.63) is 58.9 Å². The summed E-state index contributed by atoms with van der Waals surface area (Å²) in [6, 6.07) is 11.3. The van der Waals surface area contributed by atoms with Gasteiger partial charge in [0.2, 0.25) is 0 Å². The van der Waals surface area contributed by atoms with Gasteiger partial charge in [-0.15, -0.1) is 0 Å². The van der Waals surface area contributed by atoms with E-state index in [-0.39, 0.29) is 6.61 Å². The molecule has 0 saturated carbocycles. The monoisotopic (exact) mass is 268 g/mol. The molecule has 0 bridgehead atoms. The SMILES string of the molecule is Cc1ccc(OCc2cccnc2C#N)c([C@H](C)O)c1. The fraction of sp³-hybridized carbons (Fsp3) is 0.250. The molecule has 0 radical (unpaired) electrons. The van der Waals surface area contributed by atoms with E-state index in [1.54, 1.807) is 19.2 Å². The lowest BCUT2D eigenvalue weighted by Gasteiger charge is -2.14. The number of aliphatic hydroxyl groups is 1. The molecule has 0 amide bonds. The molecule has 0 aliphatic carbocycles. The van der Waals surface area contributed by atoms with Gasteiger partial charge in [-0.05, 0) is 32.0 Å². The van der Waals surface area contributed by atoms with Crippen LogP contribution in [0.15, 0.2) is 36.5 Å². The Labute approximate surface area is 118 Å². The Kier molecular flexibility index (Phi) is 4.34. The third kappa shape index (κ3) is 3.14. The van der Waals surface area contributed by atoms with Crippen LogP contribution in [0.1, 0.15) is 35.4 Å². The molecule has 1 aromatic heterocycles. The Morgan fingerprint density at radius 3 is 2.90 bits per heavy atom. The van der Waals surface area contributed by atoms with Crippen molar-refractivity contribution in [2.24, 2.45) is 0 Å². The minimum atomic E-state index is -0.603. The lowest BCUT2D eigenvalue weighted by molar-refractivity contribution is 0.190. The van der Waals surface area contributed by atoms with E-state index in [2.05, 4.69) is 4.98 Å². The first-order valence-corrected chi connectivity index (χ1v) is 6.37. The summed E-state index contributed by atoms with van der Waals surface area (Å²) in [6.07, 6.45) is 0.976. The number of nitrogens with zero attached hydrogens (tertiary/aromatic N) is 2. The smallest absolute Gasteiger partial charge is 0.147 e. The highest BCUT2D eigenvalue weighted by Crippen LogP contribution is 2.27. The van der Waals surface area contributed by atoms with Crippen LogP contribution in [0.25, 0.3) is 0 Å². The van der Waals surface area contributed by atoms with Crippen LogP contribution in [0.3, 0.4) is 0 Å². The molecule has 0 unspecified atom stereocenters. The van der Waals surface area contributed by atoms with Gasteiger partial charge in [-0.2, -0.15) is 5.26 Å². The second kappa shape index (κ2) is 6.18.